The Labute approximate surface area is 165 Å². The van der Waals surface area contributed by atoms with E-state index in [0.29, 0.717) is 19.0 Å². The van der Waals surface area contributed by atoms with E-state index >= 15 is 0 Å². The number of guanidine groups is 1. The number of carbonyl (C=O) groups excluding carboxylic acids is 1. The molecule has 0 atom stereocenters. The van der Waals surface area contributed by atoms with Gasteiger partial charge < -0.3 is 16.0 Å². The summed E-state index contributed by atoms with van der Waals surface area (Å²) < 4.78 is 13.0. The minimum atomic E-state index is -0.242. The lowest BCUT2D eigenvalue weighted by atomic mass is 9.85. The smallest absolute Gasteiger partial charge is 0.227 e. The van der Waals surface area contributed by atoms with E-state index in [1.807, 2.05) is 31.2 Å². The molecule has 0 radical (unpaired) electrons. The first kappa shape index (κ1) is 19.9. The number of anilines is 1. The van der Waals surface area contributed by atoms with Crippen molar-refractivity contribution in [1.29, 1.82) is 0 Å². The third kappa shape index (κ3) is 5.81. The molecule has 0 unspecified atom stereocenters. The van der Waals surface area contributed by atoms with Crippen LogP contribution in [0.3, 0.4) is 0 Å². The fourth-order valence-corrected chi connectivity index (χ4v) is 2.96. The van der Waals surface area contributed by atoms with Crippen molar-refractivity contribution in [2.24, 2.45) is 10.9 Å². The SMILES string of the molecule is CCNC(=NCc1cccc(NC(=O)C2CCC2)c1)NCc1ccc(F)cc1. The van der Waals surface area contributed by atoms with Gasteiger partial charge in [0.2, 0.25) is 5.91 Å². The lowest BCUT2D eigenvalue weighted by molar-refractivity contribution is -0.122. The summed E-state index contributed by atoms with van der Waals surface area (Å²) in [6.45, 7) is 3.80. The van der Waals surface area contributed by atoms with Crippen LogP contribution in [0.15, 0.2) is 53.5 Å². The quantitative estimate of drug-likeness (QED) is 0.504. The molecule has 1 aliphatic carbocycles. The molecule has 0 bridgehead atoms. The summed E-state index contributed by atoms with van der Waals surface area (Å²) in [5, 5.41) is 9.46. The summed E-state index contributed by atoms with van der Waals surface area (Å²) in [6.07, 6.45) is 3.12. The summed E-state index contributed by atoms with van der Waals surface area (Å²) in [5.74, 6) is 0.725. The summed E-state index contributed by atoms with van der Waals surface area (Å²) in [6, 6.07) is 14.2. The number of benzene rings is 2. The molecule has 148 valence electrons. The third-order valence-electron chi connectivity index (χ3n) is 4.81. The summed E-state index contributed by atoms with van der Waals surface area (Å²) in [5.41, 5.74) is 2.81. The first-order valence-electron chi connectivity index (χ1n) is 9.80. The lowest BCUT2D eigenvalue weighted by Gasteiger charge is -2.24. The number of rotatable bonds is 7. The Balaban J connectivity index is 1.57. The Morgan fingerprint density at radius 2 is 1.89 bits per heavy atom. The lowest BCUT2D eigenvalue weighted by Crippen LogP contribution is -2.36. The van der Waals surface area contributed by atoms with E-state index in [-0.39, 0.29) is 17.6 Å². The van der Waals surface area contributed by atoms with Crippen LogP contribution in [0.2, 0.25) is 0 Å². The molecule has 28 heavy (non-hydrogen) atoms. The maximum absolute atomic E-state index is 13.0. The Bertz CT molecular complexity index is 816. The molecule has 5 nitrogen and oxygen atoms in total. The van der Waals surface area contributed by atoms with E-state index in [0.717, 1.165) is 42.6 Å². The van der Waals surface area contributed by atoms with Crippen molar-refractivity contribution in [3.05, 3.63) is 65.5 Å². The van der Waals surface area contributed by atoms with Gasteiger partial charge >= 0.3 is 0 Å². The summed E-state index contributed by atoms with van der Waals surface area (Å²) in [4.78, 5) is 16.7. The monoisotopic (exact) mass is 382 g/mol. The molecule has 2 aromatic carbocycles. The average molecular weight is 382 g/mol. The van der Waals surface area contributed by atoms with Crippen LogP contribution in [-0.2, 0) is 17.9 Å². The van der Waals surface area contributed by atoms with E-state index in [4.69, 9.17) is 0 Å². The van der Waals surface area contributed by atoms with Gasteiger partial charge in [-0.2, -0.15) is 0 Å². The topological polar surface area (TPSA) is 65.5 Å². The maximum Gasteiger partial charge on any atom is 0.227 e. The van der Waals surface area contributed by atoms with Crippen molar-refractivity contribution in [1.82, 2.24) is 10.6 Å². The molecule has 1 amide bonds. The second-order valence-corrected chi connectivity index (χ2v) is 6.99. The first-order valence-corrected chi connectivity index (χ1v) is 9.80. The molecule has 3 N–H and O–H groups in total. The Morgan fingerprint density at radius 1 is 1.11 bits per heavy atom. The van der Waals surface area contributed by atoms with Crippen LogP contribution in [-0.4, -0.2) is 18.4 Å². The molecule has 1 aliphatic rings. The first-order chi connectivity index (χ1) is 13.6. The predicted molar refractivity (Wildman–Crippen MR) is 110 cm³/mol. The minimum Gasteiger partial charge on any atom is -0.357 e. The van der Waals surface area contributed by atoms with Gasteiger partial charge in [0.1, 0.15) is 5.82 Å². The molecule has 0 saturated heterocycles. The zero-order chi connectivity index (χ0) is 19.8. The normalized spacial score (nSPS) is 14.3. The van der Waals surface area contributed by atoms with Crippen molar-refractivity contribution in [3.63, 3.8) is 0 Å². The highest BCUT2D eigenvalue weighted by molar-refractivity contribution is 5.93. The molecule has 2 aromatic rings. The zero-order valence-corrected chi connectivity index (χ0v) is 16.2. The number of hydrogen-bond donors (Lipinski definition) is 3. The highest BCUT2D eigenvalue weighted by Crippen LogP contribution is 2.27. The fourth-order valence-electron chi connectivity index (χ4n) is 2.96. The van der Waals surface area contributed by atoms with Gasteiger partial charge in [0.25, 0.3) is 0 Å². The van der Waals surface area contributed by atoms with E-state index in [1.54, 1.807) is 12.1 Å². The number of amides is 1. The summed E-state index contributed by atoms with van der Waals surface area (Å²) >= 11 is 0. The van der Waals surface area contributed by atoms with E-state index in [9.17, 15) is 9.18 Å². The van der Waals surface area contributed by atoms with Crippen molar-refractivity contribution in [2.75, 3.05) is 11.9 Å². The second-order valence-electron chi connectivity index (χ2n) is 6.99. The molecular weight excluding hydrogens is 355 g/mol. The Kier molecular flexibility index (Phi) is 7.00. The maximum atomic E-state index is 13.0. The van der Waals surface area contributed by atoms with E-state index in [2.05, 4.69) is 20.9 Å². The Morgan fingerprint density at radius 3 is 2.57 bits per heavy atom. The van der Waals surface area contributed by atoms with Crippen LogP contribution in [0.4, 0.5) is 10.1 Å². The molecule has 0 aliphatic heterocycles. The number of halogens is 1. The molecule has 6 heteroatoms. The molecule has 1 saturated carbocycles. The third-order valence-corrected chi connectivity index (χ3v) is 4.81. The van der Waals surface area contributed by atoms with Crippen molar-refractivity contribution >= 4 is 17.6 Å². The highest BCUT2D eigenvalue weighted by atomic mass is 19.1. The summed E-state index contributed by atoms with van der Waals surface area (Å²) in [7, 11) is 0. The molecule has 0 aromatic heterocycles. The van der Waals surface area contributed by atoms with Crippen molar-refractivity contribution < 1.29 is 9.18 Å². The standard InChI is InChI=1S/C22H27FN4O/c1-2-24-22(25-14-16-9-11-19(23)12-10-16)26-15-17-5-3-8-20(13-17)27-21(28)18-6-4-7-18/h3,5,8-13,18H,2,4,6-7,14-15H2,1H3,(H,27,28)(H2,24,25,26). The Hall–Kier alpha value is -2.89. The van der Waals surface area contributed by atoms with Gasteiger partial charge in [-0.05, 0) is 55.2 Å². The van der Waals surface area contributed by atoms with Crippen LogP contribution >= 0.6 is 0 Å². The van der Waals surface area contributed by atoms with Crippen LogP contribution in [0.5, 0.6) is 0 Å². The number of hydrogen-bond acceptors (Lipinski definition) is 2. The van der Waals surface area contributed by atoms with Gasteiger partial charge in [-0.3, -0.25) is 4.79 Å². The van der Waals surface area contributed by atoms with Gasteiger partial charge in [0, 0.05) is 24.7 Å². The largest absolute Gasteiger partial charge is 0.357 e. The van der Waals surface area contributed by atoms with Crippen LogP contribution < -0.4 is 16.0 Å². The van der Waals surface area contributed by atoms with Gasteiger partial charge in [0.15, 0.2) is 5.96 Å². The second kappa shape index (κ2) is 9.88. The van der Waals surface area contributed by atoms with E-state index in [1.165, 1.54) is 12.1 Å². The fraction of sp³-hybridized carbons (Fsp3) is 0.364. The molecular formula is C22H27FN4O. The number of nitrogens with zero attached hydrogens (tertiary/aromatic N) is 1. The van der Waals surface area contributed by atoms with Gasteiger partial charge in [0.05, 0.1) is 6.54 Å². The van der Waals surface area contributed by atoms with Crippen LogP contribution in [0.25, 0.3) is 0 Å². The molecule has 3 rings (SSSR count). The minimum absolute atomic E-state index is 0.112. The number of carbonyl (C=O) groups is 1. The van der Waals surface area contributed by atoms with Gasteiger partial charge in [-0.25, -0.2) is 9.38 Å². The molecule has 1 fully saturated rings. The predicted octanol–water partition coefficient (Wildman–Crippen LogP) is 3.82. The van der Waals surface area contributed by atoms with E-state index < -0.39 is 0 Å². The number of aliphatic imine (C=N–C) groups is 1. The highest BCUT2D eigenvalue weighted by Gasteiger charge is 2.25. The number of nitrogens with one attached hydrogen (secondary N) is 3. The van der Waals surface area contributed by atoms with Gasteiger partial charge in [-0.15, -0.1) is 0 Å². The van der Waals surface area contributed by atoms with Gasteiger partial charge in [-0.1, -0.05) is 30.7 Å². The van der Waals surface area contributed by atoms with Crippen LogP contribution in [0, 0.1) is 11.7 Å². The molecule has 0 spiro atoms. The van der Waals surface area contributed by atoms with Crippen LogP contribution in [0.1, 0.15) is 37.3 Å². The average Bonchev–Trinajstić information content (AvgIpc) is 2.64. The molecule has 0 heterocycles. The zero-order valence-electron chi connectivity index (χ0n) is 16.2. The van der Waals surface area contributed by atoms with Crippen molar-refractivity contribution in [2.45, 2.75) is 39.3 Å². The van der Waals surface area contributed by atoms with Crippen molar-refractivity contribution in [3.8, 4) is 0 Å².